The maximum absolute atomic E-state index is 12.3. The zero-order valence-corrected chi connectivity index (χ0v) is 10.0. The summed E-state index contributed by atoms with van der Waals surface area (Å²) in [5, 5.41) is 0.876. The molecule has 0 saturated carbocycles. The van der Waals surface area contributed by atoms with Crippen molar-refractivity contribution in [3.8, 4) is 0 Å². The zero-order valence-electron chi connectivity index (χ0n) is 9.16. The first kappa shape index (κ1) is 12.0. The van der Waals surface area contributed by atoms with E-state index in [0.29, 0.717) is 19.1 Å². The van der Waals surface area contributed by atoms with Crippen molar-refractivity contribution in [3.63, 3.8) is 0 Å². The minimum Gasteiger partial charge on any atom is -0.306 e. The fourth-order valence-corrected chi connectivity index (χ4v) is 3.81. The molecule has 0 heterocycles. The summed E-state index contributed by atoms with van der Waals surface area (Å²) in [6.45, 7) is 6.61. The van der Waals surface area contributed by atoms with Crippen LogP contribution in [-0.2, 0) is 13.6 Å². The molecule has 1 aliphatic rings. The largest absolute Gasteiger partial charge is 0.357 e. The average Bonchev–Trinajstić information content (AvgIpc) is 2.52. The summed E-state index contributed by atoms with van der Waals surface area (Å²) in [5.41, 5.74) is 0. The van der Waals surface area contributed by atoms with Crippen LogP contribution in [0, 0.1) is 5.92 Å². The summed E-state index contributed by atoms with van der Waals surface area (Å²) in [7, 11) is -2.96. The van der Waals surface area contributed by atoms with Crippen molar-refractivity contribution in [1.29, 1.82) is 0 Å². The summed E-state index contributed by atoms with van der Waals surface area (Å²) in [4.78, 5) is 0. The molecule has 14 heavy (non-hydrogen) atoms. The molecular formula is C10H19O3P. The van der Waals surface area contributed by atoms with Gasteiger partial charge in [0.15, 0.2) is 0 Å². The zero-order chi connectivity index (χ0) is 10.6. The van der Waals surface area contributed by atoms with Crippen molar-refractivity contribution >= 4 is 7.60 Å². The SMILES string of the molecule is CCOP(=O)(OCC)C1=CCCC1C. The van der Waals surface area contributed by atoms with Crippen LogP contribution in [-0.4, -0.2) is 13.2 Å². The van der Waals surface area contributed by atoms with Crippen molar-refractivity contribution in [2.24, 2.45) is 5.92 Å². The Bertz CT molecular complexity index is 250. The molecule has 4 heteroatoms. The van der Waals surface area contributed by atoms with Gasteiger partial charge in [-0.2, -0.15) is 0 Å². The highest BCUT2D eigenvalue weighted by Crippen LogP contribution is 2.60. The number of hydrogen-bond acceptors (Lipinski definition) is 3. The quantitative estimate of drug-likeness (QED) is 0.662. The Kier molecular flexibility index (Phi) is 4.36. The molecule has 0 aromatic rings. The number of rotatable bonds is 5. The first-order valence-electron chi connectivity index (χ1n) is 5.23. The molecule has 0 fully saturated rings. The van der Waals surface area contributed by atoms with E-state index in [9.17, 15) is 4.57 Å². The molecule has 1 rings (SSSR count). The lowest BCUT2D eigenvalue weighted by molar-refractivity contribution is 0.224. The molecule has 1 atom stereocenters. The molecule has 3 nitrogen and oxygen atoms in total. The first-order valence-corrected chi connectivity index (χ1v) is 6.78. The van der Waals surface area contributed by atoms with Gasteiger partial charge in [-0.25, -0.2) is 0 Å². The van der Waals surface area contributed by atoms with Crippen LogP contribution in [0.5, 0.6) is 0 Å². The molecule has 82 valence electrons. The third-order valence-electron chi connectivity index (χ3n) is 2.37. The monoisotopic (exact) mass is 218 g/mol. The van der Waals surface area contributed by atoms with E-state index >= 15 is 0 Å². The van der Waals surface area contributed by atoms with Gasteiger partial charge in [0.1, 0.15) is 0 Å². The Morgan fingerprint density at radius 3 is 2.36 bits per heavy atom. The van der Waals surface area contributed by atoms with Crippen molar-refractivity contribution in [2.75, 3.05) is 13.2 Å². The molecule has 0 N–H and O–H groups in total. The lowest BCUT2D eigenvalue weighted by Crippen LogP contribution is -2.02. The Morgan fingerprint density at radius 1 is 1.43 bits per heavy atom. The Labute approximate surface area is 86.0 Å². The van der Waals surface area contributed by atoms with Crippen LogP contribution in [0.4, 0.5) is 0 Å². The lowest BCUT2D eigenvalue weighted by atomic mass is 10.2. The predicted octanol–water partition coefficient (Wildman–Crippen LogP) is 3.57. The van der Waals surface area contributed by atoms with Gasteiger partial charge in [0.05, 0.1) is 13.2 Å². The van der Waals surface area contributed by atoms with Crippen molar-refractivity contribution < 1.29 is 13.6 Å². The molecule has 0 aromatic carbocycles. The molecule has 1 aliphatic carbocycles. The van der Waals surface area contributed by atoms with Gasteiger partial charge in [0.25, 0.3) is 0 Å². The maximum atomic E-state index is 12.3. The average molecular weight is 218 g/mol. The second kappa shape index (κ2) is 5.11. The molecule has 0 radical (unpaired) electrons. The number of hydrogen-bond donors (Lipinski definition) is 0. The smallest absolute Gasteiger partial charge is 0.306 e. The second-order valence-electron chi connectivity index (χ2n) is 3.44. The Hall–Kier alpha value is -0.110. The highest BCUT2D eigenvalue weighted by molar-refractivity contribution is 7.58. The minimum atomic E-state index is -2.96. The molecule has 0 aromatic heterocycles. The van der Waals surface area contributed by atoms with Crippen LogP contribution < -0.4 is 0 Å². The van der Waals surface area contributed by atoms with Crippen molar-refractivity contribution in [1.82, 2.24) is 0 Å². The minimum absolute atomic E-state index is 0.332. The highest BCUT2D eigenvalue weighted by Gasteiger charge is 2.34. The van der Waals surface area contributed by atoms with E-state index in [2.05, 4.69) is 6.92 Å². The summed E-state index contributed by atoms with van der Waals surface area (Å²) in [6.07, 6.45) is 4.05. The molecular weight excluding hydrogens is 199 g/mol. The normalized spacial score (nSPS) is 22.5. The van der Waals surface area contributed by atoms with Gasteiger partial charge in [-0.1, -0.05) is 13.0 Å². The third-order valence-corrected chi connectivity index (χ3v) is 4.82. The fourth-order valence-electron chi connectivity index (χ4n) is 1.74. The topological polar surface area (TPSA) is 35.5 Å². The van der Waals surface area contributed by atoms with E-state index < -0.39 is 7.60 Å². The van der Waals surface area contributed by atoms with Gasteiger partial charge < -0.3 is 9.05 Å². The van der Waals surface area contributed by atoms with Crippen LogP contribution in [0.3, 0.4) is 0 Å². The van der Waals surface area contributed by atoms with Crippen molar-refractivity contribution in [2.45, 2.75) is 33.6 Å². The van der Waals surface area contributed by atoms with Crippen LogP contribution in [0.2, 0.25) is 0 Å². The van der Waals surface area contributed by atoms with Crippen LogP contribution in [0.1, 0.15) is 33.6 Å². The van der Waals surface area contributed by atoms with E-state index in [4.69, 9.17) is 9.05 Å². The summed E-state index contributed by atoms with van der Waals surface area (Å²) in [6, 6.07) is 0. The van der Waals surface area contributed by atoms with Gasteiger partial charge in [0, 0.05) is 5.31 Å². The van der Waals surface area contributed by atoms with Gasteiger partial charge in [-0.3, -0.25) is 4.57 Å². The van der Waals surface area contributed by atoms with Crippen LogP contribution >= 0.6 is 7.60 Å². The van der Waals surface area contributed by atoms with Gasteiger partial charge in [0.2, 0.25) is 0 Å². The molecule has 0 saturated heterocycles. The van der Waals surface area contributed by atoms with Gasteiger partial charge in [-0.05, 0) is 32.6 Å². The van der Waals surface area contributed by atoms with E-state index in [0.717, 1.165) is 18.2 Å². The van der Waals surface area contributed by atoms with Gasteiger partial charge >= 0.3 is 7.60 Å². The van der Waals surface area contributed by atoms with E-state index in [1.807, 2.05) is 19.9 Å². The Morgan fingerprint density at radius 2 is 2.00 bits per heavy atom. The second-order valence-corrected chi connectivity index (χ2v) is 5.47. The first-order chi connectivity index (χ1) is 6.64. The van der Waals surface area contributed by atoms with E-state index in [1.54, 1.807) is 0 Å². The molecule has 1 unspecified atom stereocenters. The summed E-state index contributed by atoms with van der Waals surface area (Å²) in [5.74, 6) is 0.332. The van der Waals surface area contributed by atoms with Crippen LogP contribution in [0.15, 0.2) is 11.4 Å². The number of allylic oxidation sites excluding steroid dienone is 2. The maximum Gasteiger partial charge on any atom is 0.357 e. The van der Waals surface area contributed by atoms with Gasteiger partial charge in [-0.15, -0.1) is 0 Å². The molecule has 0 amide bonds. The molecule has 0 aliphatic heterocycles. The molecule has 0 spiro atoms. The Balaban J connectivity index is 2.81. The summed E-state index contributed by atoms with van der Waals surface area (Å²) < 4.78 is 22.9. The van der Waals surface area contributed by atoms with E-state index in [1.165, 1.54) is 0 Å². The summed E-state index contributed by atoms with van der Waals surface area (Å²) >= 11 is 0. The third kappa shape index (κ3) is 2.47. The van der Waals surface area contributed by atoms with E-state index in [-0.39, 0.29) is 0 Å². The van der Waals surface area contributed by atoms with Crippen LogP contribution in [0.25, 0.3) is 0 Å². The fraction of sp³-hybridized carbons (Fsp3) is 0.800. The molecule has 0 bridgehead atoms. The highest BCUT2D eigenvalue weighted by atomic mass is 31.2. The predicted molar refractivity (Wildman–Crippen MR) is 57.3 cm³/mol. The lowest BCUT2D eigenvalue weighted by Gasteiger charge is -2.20. The van der Waals surface area contributed by atoms with Crippen molar-refractivity contribution in [3.05, 3.63) is 11.4 Å². The standard InChI is InChI=1S/C10H19O3P/c1-4-12-14(11,13-5-2)10-8-6-7-9(10)3/h8-9H,4-7H2,1-3H3.